The molecule has 0 saturated heterocycles. The summed E-state index contributed by atoms with van der Waals surface area (Å²) in [4.78, 5) is 24.8. The van der Waals surface area contributed by atoms with E-state index in [4.69, 9.17) is 16.3 Å². The highest BCUT2D eigenvalue weighted by Gasteiger charge is 2.30. The van der Waals surface area contributed by atoms with Crippen molar-refractivity contribution in [3.05, 3.63) is 130 Å². The van der Waals surface area contributed by atoms with Crippen molar-refractivity contribution >= 4 is 40.4 Å². The number of aliphatic imine (C=N–C) groups is 2. The lowest BCUT2D eigenvalue weighted by molar-refractivity contribution is -0.125. The van der Waals surface area contributed by atoms with Gasteiger partial charge < -0.3 is 9.64 Å². The molecule has 1 amide bonds. The van der Waals surface area contributed by atoms with Gasteiger partial charge in [0.2, 0.25) is 0 Å². The number of carbonyl (C=O) groups is 1. The summed E-state index contributed by atoms with van der Waals surface area (Å²) < 4.78 is 5.21. The molecule has 0 radical (unpaired) electrons. The summed E-state index contributed by atoms with van der Waals surface area (Å²) in [6, 6.07) is 35.9. The van der Waals surface area contributed by atoms with Crippen molar-refractivity contribution in [3.63, 3.8) is 0 Å². The molecule has 0 saturated carbocycles. The second-order valence-corrected chi connectivity index (χ2v) is 9.60. The molecule has 39 heavy (non-hydrogen) atoms. The van der Waals surface area contributed by atoms with Crippen LogP contribution < -0.4 is 4.74 Å². The maximum absolute atomic E-state index is 14.0. The molecule has 4 aromatic carbocycles. The lowest BCUT2D eigenvalue weighted by Gasteiger charge is -2.31. The Morgan fingerprint density at radius 1 is 0.846 bits per heavy atom. The van der Waals surface area contributed by atoms with Gasteiger partial charge in [0, 0.05) is 29.2 Å². The minimum Gasteiger partial charge on any atom is -0.497 e. The Morgan fingerprint density at radius 2 is 1.54 bits per heavy atom. The molecule has 0 bridgehead atoms. The molecule has 0 aliphatic carbocycles. The number of carbonyl (C=O) groups excluding carboxylic acids is 1. The Kier molecular flexibility index (Phi) is 8.33. The van der Waals surface area contributed by atoms with E-state index in [1.54, 1.807) is 7.11 Å². The Hall–Kier alpha value is -4.44. The monoisotopic (exact) mass is 533 g/mol. The zero-order valence-electron chi connectivity index (χ0n) is 21.7. The maximum atomic E-state index is 14.0. The second kappa shape index (κ2) is 12.4. The van der Waals surface area contributed by atoms with Crippen LogP contribution in [-0.4, -0.2) is 30.5 Å². The normalized spacial score (nSPS) is 13.2. The number of hydrogen-bond donors (Lipinski definition) is 0. The third-order valence-electron chi connectivity index (χ3n) is 6.69. The molecule has 0 N–H and O–H groups in total. The third kappa shape index (κ3) is 6.18. The zero-order chi connectivity index (χ0) is 27.0. The number of rotatable bonds is 8. The van der Waals surface area contributed by atoms with Crippen LogP contribution in [0.15, 0.2) is 113 Å². The van der Waals surface area contributed by atoms with E-state index in [9.17, 15) is 4.79 Å². The molecule has 5 rings (SSSR count). The molecule has 4 aromatic rings. The number of hydrogen-bond acceptors (Lipinski definition) is 4. The number of halogens is 1. The summed E-state index contributed by atoms with van der Waals surface area (Å²) in [7, 11) is 1.64. The van der Waals surface area contributed by atoms with Gasteiger partial charge >= 0.3 is 0 Å². The predicted molar refractivity (Wildman–Crippen MR) is 157 cm³/mol. The van der Waals surface area contributed by atoms with Crippen LogP contribution in [0.3, 0.4) is 0 Å². The van der Waals surface area contributed by atoms with Crippen molar-refractivity contribution in [3.8, 4) is 5.75 Å². The fourth-order valence-electron chi connectivity index (χ4n) is 4.70. The highest BCUT2D eigenvalue weighted by atomic mass is 35.5. The van der Waals surface area contributed by atoms with Crippen LogP contribution in [0.4, 0.5) is 5.69 Å². The van der Waals surface area contributed by atoms with Gasteiger partial charge in [0.15, 0.2) is 0 Å². The third-order valence-corrected chi connectivity index (χ3v) is 7.01. The molecule has 0 atom stereocenters. The van der Waals surface area contributed by atoms with Gasteiger partial charge in [-0.15, -0.1) is 0 Å². The lowest BCUT2D eigenvalue weighted by atomic mass is 9.87. The predicted octanol–water partition coefficient (Wildman–Crippen LogP) is 7.70. The number of para-hydroxylation sites is 1. The quantitative estimate of drug-likeness (QED) is 0.218. The zero-order valence-corrected chi connectivity index (χ0v) is 22.4. The van der Waals surface area contributed by atoms with Crippen molar-refractivity contribution in [2.24, 2.45) is 9.98 Å². The molecule has 1 aliphatic heterocycles. The van der Waals surface area contributed by atoms with E-state index in [1.807, 2.05) is 108 Å². The van der Waals surface area contributed by atoms with Gasteiger partial charge in [0.05, 0.1) is 30.9 Å². The second-order valence-electron chi connectivity index (χ2n) is 9.19. The highest BCUT2D eigenvalue weighted by molar-refractivity contribution is 6.37. The van der Waals surface area contributed by atoms with E-state index in [-0.39, 0.29) is 5.91 Å². The standard InChI is InChI=1S/C33H28ClN3O2/c1-39-26-17-15-24(16-18-26)21-35-23-36-31-14-8-6-11-27(31)28-19-20-37(22-25-9-3-2-4-10-25)33(38)32(28)29-12-5-7-13-30(29)34/h2-18H,19-22H2,1H3. The summed E-state index contributed by atoms with van der Waals surface area (Å²) >= 11 is 6.64. The van der Waals surface area contributed by atoms with Gasteiger partial charge in [-0.05, 0) is 47.4 Å². The molecule has 6 heteroatoms. The van der Waals surface area contributed by atoms with Crippen LogP contribution in [0.1, 0.15) is 28.7 Å². The van der Waals surface area contributed by atoms with Gasteiger partial charge in [-0.3, -0.25) is 4.79 Å². The van der Waals surface area contributed by atoms with Crippen LogP contribution in [-0.2, 0) is 17.9 Å². The highest BCUT2D eigenvalue weighted by Crippen LogP contribution is 2.40. The summed E-state index contributed by atoms with van der Waals surface area (Å²) in [6.45, 7) is 1.59. The van der Waals surface area contributed by atoms with Crippen molar-refractivity contribution in [1.29, 1.82) is 0 Å². The summed E-state index contributed by atoms with van der Waals surface area (Å²) in [6.07, 6.45) is 0.675. The summed E-state index contributed by atoms with van der Waals surface area (Å²) in [5.41, 5.74) is 5.98. The first-order chi connectivity index (χ1) is 19.1. The lowest BCUT2D eigenvalue weighted by Crippen LogP contribution is -2.36. The Bertz CT molecular complexity index is 1560. The largest absolute Gasteiger partial charge is 0.497 e. The fraction of sp³-hybridized carbons (Fsp3) is 0.152. The molecule has 0 spiro atoms. The van der Waals surface area contributed by atoms with Crippen molar-refractivity contribution in [2.45, 2.75) is 19.5 Å². The van der Waals surface area contributed by atoms with E-state index in [0.29, 0.717) is 42.3 Å². The van der Waals surface area contributed by atoms with Crippen molar-refractivity contribution in [2.75, 3.05) is 13.7 Å². The topological polar surface area (TPSA) is 54.3 Å². The van der Waals surface area contributed by atoms with Crippen LogP contribution in [0.2, 0.25) is 5.02 Å². The smallest absolute Gasteiger partial charge is 0.255 e. The molecule has 1 heterocycles. The van der Waals surface area contributed by atoms with Gasteiger partial charge in [-0.2, -0.15) is 4.99 Å². The number of amides is 1. The average molecular weight is 534 g/mol. The number of ether oxygens (including phenoxy) is 1. The van der Waals surface area contributed by atoms with E-state index in [2.05, 4.69) is 16.0 Å². The molecular formula is C33H28ClN3O2. The summed E-state index contributed by atoms with van der Waals surface area (Å²) in [5, 5.41) is 0.543. The van der Waals surface area contributed by atoms with Crippen LogP contribution in [0.25, 0.3) is 11.1 Å². The molecule has 0 unspecified atom stereocenters. The van der Waals surface area contributed by atoms with Crippen molar-refractivity contribution in [1.82, 2.24) is 4.90 Å². The van der Waals surface area contributed by atoms with Crippen LogP contribution in [0.5, 0.6) is 5.75 Å². The summed E-state index contributed by atoms with van der Waals surface area (Å²) in [5.74, 6) is 0.762. The minimum atomic E-state index is -0.0415. The minimum absolute atomic E-state index is 0.0415. The first kappa shape index (κ1) is 26.2. The average Bonchev–Trinajstić information content (AvgIpc) is 2.98. The maximum Gasteiger partial charge on any atom is 0.255 e. The number of benzene rings is 4. The first-order valence-corrected chi connectivity index (χ1v) is 13.2. The van der Waals surface area contributed by atoms with Gasteiger partial charge in [0.1, 0.15) is 5.75 Å². The first-order valence-electron chi connectivity index (χ1n) is 12.8. The molecule has 1 aliphatic rings. The van der Waals surface area contributed by atoms with Gasteiger partial charge in [-0.25, -0.2) is 4.99 Å². The van der Waals surface area contributed by atoms with E-state index in [0.717, 1.165) is 33.6 Å². The molecule has 5 nitrogen and oxygen atoms in total. The van der Waals surface area contributed by atoms with Gasteiger partial charge in [0.25, 0.3) is 5.91 Å². The Morgan fingerprint density at radius 3 is 2.28 bits per heavy atom. The Balaban J connectivity index is 1.50. The van der Waals surface area contributed by atoms with E-state index >= 15 is 0 Å². The van der Waals surface area contributed by atoms with E-state index in [1.165, 1.54) is 0 Å². The molecular weight excluding hydrogens is 506 g/mol. The number of nitrogens with zero attached hydrogens (tertiary/aromatic N) is 3. The van der Waals surface area contributed by atoms with Gasteiger partial charge in [-0.1, -0.05) is 90.5 Å². The van der Waals surface area contributed by atoms with Crippen LogP contribution >= 0.6 is 11.6 Å². The van der Waals surface area contributed by atoms with Crippen LogP contribution in [0, 0.1) is 0 Å². The SMILES string of the molecule is COc1ccc(CN=C=Nc2ccccc2C2=C(c3ccccc3Cl)C(=O)N(Cc3ccccc3)CC2)cc1. The molecule has 0 aromatic heterocycles. The molecule has 0 fully saturated rings. The molecule has 194 valence electrons. The fourth-order valence-corrected chi connectivity index (χ4v) is 4.93. The Labute approximate surface area is 233 Å². The number of methoxy groups -OCH3 is 1. The van der Waals surface area contributed by atoms with E-state index < -0.39 is 0 Å². The van der Waals surface area contributed by atoms with Crippen molar-refractivity contribution < 1.29 is 9.53 Å².